The van der Waals surface area contributed by atoms with Crippen LogP contribution in [-0.2, 0) is 36.3 Å². The molecule has 5 aromatic carbocycles. The number of fused-ring (bicyclic) bond motifs is 2. The van der Waals surface area contributed by atoms with Crippen LogP contribution in [-0.4, -0.2) is 49.8 Å². The Bertz CT molecular complexity index is 2440. The number of ketones is 1. The van der Waals surface area contributed by atoms with Gasteiger partial charge in [-0.15, -0.1) is 11.8 Å². The fourth-order valence-electron chi connectivity index (χ4n) is 8.91. The van der Waals surface area contributed by atoms with Crippen LogP contribution in [0.15, 0.2) is 156 Å². The molecule has 0 aromatic heterocycles. The first kappa shape index (κ1) is 41.4. The molecule has 11 heteroatoms. The number of rotatable bonds is 12. The van der Waals surface area contributed by atoms with Gasteiger partial charge in [0.2, 0.25) is 11.7 Å². The number of aliphatic hydroxyl groups is 1. The molecule has 306 valence electrons. The van der Waals surface area contributed by atoms with Crippen LogP contribution in [0.2, 0.25) is 0 Å². The first-order chi connectivity index (χ1) is 28.8. The van der Waals surface area contributed by atoms with Crippen LogP contribution in [0.1, 0.15) is 59.5 Å². The third kappa shape index (κ3) is 7.21. The molecule has 1 spiro atoms. The summed E-state index contributed by atoms with van der Waals surface area (Å²) in [4.78, 5) is 61.7. The number of carbonyl (C=O) groups excluding carboxylic acids is 4. The summed E-state index contributed by atoms with van der Waals surface area (Å²) >= 11 is 4.80. The lowest BCUT2D eigenvalue weighted by Gasteiger charge is -2.58. The largest absolute Gasteiger partial charge is 0.454 e. The summed E-state index contributed by atoms with van der Waals surface area (Å²) in [6, 6.07) is 40.0. The van der Waals surface area contributed by atoms with Gasteiger partial charge in [-0.25, -0.2) is 4.79 Å². The average molecular weight is 887 g/mol. The van der Waals surface area contributed by atoms with Gasteiger partial charge in [-0.1, -0.05) is 143 Å². The highest BCUT2D eigenvalue weighted by Gasteiger charge is 2.81. The van der Waals surface area contributed by atoms with Crippen molar-refractivity contribution in [1.82, 2.24) is 4.90 Å². The van der Waals surface area contributed by atoms with E-state index in [1.807, 2.05) is 81.4 Å². The monoisotopic (exact) mass is 885 g/mol. The van der Waals surface area contributed by atoms with Gasteiger partial charge >= 0.3 is 11.9 Å². The number of hydrogen-bond acceptors (Lipinski definition) is 9. The summed E-state index contributed by atoms with van der Waals surface area (Å²) in [6.07, 6.45) is 0.677. The van der Waals surface area contributed by atoms with E-state index in [1.54, 1.807) is 90.7 Å². The van der Waals surface area contributed by atoms with E-state index in [-0.39, 0.29) is 23.5 Å². The van der Waals surface area contributed by atoms with Crippen molar-refractivity contribution in [3.8, 4) is 5.75 Å². The van der Waals surface area contributed by atoms with Crippen LogP contribution in [0.4, 0.5) is 0 Å². The Morgan fingerprint density at radius 1 is 0.850 bits per heavy atom. The van der Waals surface area contributed by atoms with E-state index >= 15 is 9.59 Å². The number of halogens is 1. The molecule has 2 fully saturated rings. The lowest BCUT2D eigenvalue weighted by Crippen LogP contribution is -2.76. The maximum Gasteiger partial charge on any atom is 0.335 e. The molecule has 5 unspecified atom stereocenters. The number of para-hydroxylation sites is 1. The minimum Gasteiger partial charge on any atom is -0.454 e. The number of aryl methyl sites for hydroxylation is 1. The zero-order valence-electron chi connectivity index (χ0n) is 33.5. The highest BCUT2D eigenvalue weighted by atomic mass is 79.9. The molecule has 0 bridgehead atoms. The molecule has 5 aromatic rings. The summed E-state index contributed by atoms with van der Waals surface area (Å²) in [7, 11) is 0. The summed E-state index contributed by atoms with van der Waals surface area (Å²) in [5.41, 5.74) is 1.28. The Morgan fingerprint density at radius 3 is 2.08 bits per heavy atom. The normalized spacial score (nSPS) is 24.1. The van der Waals surface area contributed by atoms with Gasteiger partial charge in [0.25, 0.3) is 0 Å². The second-order valence-electron chi connectivity index (χ2n) is 16.1. The van der Waals surface area contributed by atoms with E-state index in [2.05, 4.69) is 15.9 Å². The molecule has 7 atom stereocenters. The molecule has 1 N–H and O–H groups in total. The van der Waals surface area contributed by atoms with Crippen LogP contribution in [0, 0.1) is 24.2 Å². The van der Waals surface area contributed by atoms with Crippen molar-refractivity contribution in [2.75, 3.05) is 0 Å². The number of hydrogen-bond donors (Lipinski definition) is 1. The van der Waals surface area contributed by atoms with Gasteiger partial charge in [-0.05, 0) is 63.1 Å². The molecule has 1 aliphatic carbocycles. The third-order valence-corrected chi connectivity index (χ3v) is 14.0. The molecular formula is C49H44BrNO8S. The number of thioether (sulfide) groups is 1. The molecule has 1 amide bonds. The van der Waals surface area contributed by atoms with E-state index in [0.29, 0.717) is 5.56 Å². The molecule has 3 aliphatic rings. The summed E-state index contributed by atoms with van der Waals surface area (Å²) in [5, 5.41) is 12.1. The Morgan fingerprint density at radius 2 is 1.45 bits per heavy atom. The van der Waals surface area contributed by atoms with Crippen molar-refractivity contribution in [2.24, 2.45) is 17.3 Å². The van der Waals surface area contributed by atoms with Crippen LogP contribution in [0.5, 0.6) is 5.75 Å². The summed E-state index contributed by atoms with van der Waals surface area (Å²) in [6.45, 7) is 7.53. The molecule has 0 saturated carbocycles. The highest BCUT2D eigenvalue weighted by molar-refractivity contribution is 9.10. The van der Waals surface area contributed by atoms with E-state index in [1.165, 1.54) is 17.8 Å². The van der Waals surface area contributed by atoms with E-state index in [4.69, 9.17) is 14.2 Å². The number of ether oxygens (including phenoxy) is 3. The van der Waals surface area contributed by atoms with Crippen LogP contribution < -0.4 is 4.74 Å². The molecule has 8 rings (SSSR count). The van der Waals surface area contributed by atoms with Gasteiger partial charge < -0.3 is 24.2 Å². The molecule has 2 saturated heterocycles. The van der Waals surface area contributed by atoms with Gasteiger partial charge in [0.15, 0.2) is 5.78 Å². The second kappa shape index (κ2) is 16.3. The predicted octanol–water partition coefficient (Wildman–Crippen LogP) is 9.13. The van der Waals surface area contributed by atoms with Gasteiger partial charge in [-0.2, -0.15) is 0 Å². The number of Topliss-reactive ketones (excluding diaryl/α,β-unsaturated/α-hetero) is 1. The average Bonchev–Trinajstić information content (AvgIpc) is 3.77. The number of amides is 1. The van der Waals surface area contributed by atoms with Crippen molar-refractivity contribution in [3.63, 3.8) is 0 Å². The SMILES string of the molecule is Cc1ccc(C(C)OC(=O)C2=CC(C(=O)Oc3ccccc3)C3(C(=O)N4[C@@H](C(O)(OCc5ccccc5)c5ccccc5)C(C)(C)S[C@@H]43)C2C(=O)c2ccc(Br)cc2)cc1. The number of benzene rings is 5. The van der Waals surface area contributed by atoms with E-state index < -0.39 is 68.9 Å². The summed E-state index contributed by atoms with van der Waals surface area (Å²) < 4.78 is 18.4. The van der Waals surface area contributed by atoms with Crippen molar-refractivity contribution >= 4 is 51.3 Å². The fraction of sp³-hybridized carbons (Fsp3) is 0.265. The minimum atomic E-state index is -2.05. The number of carbonyl (C=O) groups is 4. The Kier molecular flexibility index (Phi) is 11.2. The molecule has 2 aliphatic heterocycles. The van der Waals surface area contributed by atoms with Crippen molar-refractivity contribution in [2.45, 2.75) is 62.4 Å². The van der Waals surface area contributed by atoms with E-state index in [9.17, 15) is 14.7 Å². The van der Waals surface area contributed by atoms with Crippen molar-refractivity contribution in [1.29, 1.82) is 0 Å². The molecule has 9 nitrogen and oxygen atoms in total. The fourth-order valence-corrected chi connectivity index (χ4v) is 11.1. The Balaban J connectivity index is 1.26. The third-order valence-electron chi connectivity index (χ3n) is 11.8. The smallest absolute Gasteiger partial charge is 0.335 e. The second-order valence-corrected chi connectivity index (χ2v) is 18.7. The lowest BCUT2D eigenvalue weighted by atomic mass is 9.60. The van der Waals surface area contributed by atoms with Gasteiger partial charge in [0.1, 0.15) is 23.3 Å². The molecule has 2 heterocycles. The van der Waals surface area contributed by atoms with Gasteiger partial charge in [0, 0.05) is 25.9 Å². The van der Waals surface area contributed by atoms with Crippen LogP contribution in [0.3, 0.4) is 0 Å². The van der Waals surface area contributed by atoms with Gasteiger partial charge in [-0.3, -0.25) is 14.4 Å². The van der Waals surface area contributed by atoms with E-state index in [0.717, 1.165) is 21.2 Å². The number of β-lactam (4-membered cyclic amide) rings is 1. The molecule has 0 radical (unpaired) electrons. The van der Waals surface area contributed by atoms with Crippen LogP contribution >= 0.6 is 27.7 Å². The maximum absolute atomic E-state index is 15.7. The van der Waals surface area contributed by atoms with Crippen LogP contribution in [0.25, 0.3) is 0 Å². The van der Waals surface area contributed by atoms with Crippen molar-refractivity contribution in [3.05, 3.63) is 183 Å². The topological polar surface area (TPSA) is 119 Å². The molecular weight excluding hydrogens is 843 g/mol. The summed E-state index contributed by atoms with van der Waals surface area (Å²) in [5.74, 6) is -7.44. The Hall–Kier alpha value is -5.33. The highest BCUT2D eigenvalue weighted by Crippen LogP contribution is 2.69. The van der Waals surface area contributed by atoms with Crippen molar-refractivity contribution < 1.29 is 38.5 Å². The molecule has 60 heavy (non-hydrogen) atoms. The number of nitrogens with zero attached hydrogens (tertiary/aromatic N) is 1. The number of esters is 2. The first-order valence-corrected chi connectivity index (χ1v) is 21.4. The zero-order valence-corrected chi connectivity index (χ0v) is 35.9. The lowest BCUT2D eigenvalue weighted by molar-refractivity contribution is -0.271. The first-order valence-electron chi connectivity index (χ1n) is 19.8. The quantitative estimate of drug-likeness (QED) is 0.0430. The zero-order chi connectivity index (χ0) is 42.4. The standard InChI is InChI=1S/C49H44BrNO8S/c1-30-20-22-33(23-21-30)31(2)58-42(53)38-28-39(43(54)59-37-18-12-7-13-19-37)48(40(38)41(52)34-24-26-36(50)27-25-34)45(55)51-44(47(3,4)60-46(48)51)49(56,35-16-10-6-11-17-35)57-29-32-14-8-5-9-15-32/h5-28,31,39-40,44,46,56H,29H2,1-4H3/t31?,39?,40?,44-,46-,48?,49?/m1/s1. The van der Waals surface area contributed by atoms with Gasteiger partial charge in [0.05, 0.1) is 23.8 Å². The minimum absolute atomic E-state index is 0.0226. The predicted molar refractivity (Wildman–Crippen MR) is 231 cm³/mol. The maximum atomic E-state index is 15.7. The Labute approximate surface area is 361 Å².